The number of fused-ring (bicyclic) bond motifs is 9. The van der Waals surface area contributed by atoms with Gasteiger partial charge >= 0.3 is 0 Å². The van der Waals surface area contributed by atoms with Crippen LogP contribution in [0.4, 0.5) is 0 Å². The summed E-state index contributed by atoms with van der Waals surface area (Å²) >= 11 is 0. The topological polar surface area (TPSA) is 61.7 Å². The molecule has 0 aliphatic heterocycles. The molecule has 0 amide bonds. The summed E-state index contributed by atoms with van der Waals surface area (Å²) in [5.41, 5.74) is 13.6. The molecule has 6 nitrogen and oxygen atoms in total. The van der Waals surface area contributed by atoms with Crippen LogP contribution in [0.15, 0.2) is 217 Å². The number of benzene rings is 9. The lowest BCUT2D eigenvalue weighted by Crippen LogP contribution is -2.00. The highest BCUT2D eigenvalue weighted by Crippen LogP contribution is 2.42. The summed E-state index contributed by atoms with van der Waals surface area (Å²) < 4.78 is 11.3. The lowest BCUT2D eigenvalue weighted by Gasteiger charge is -2.12. The maximum Gasteiger partial charge on any atom is 0.164 e. The Labute approximate surface area is 361 Å². The second-order valence-electron chi connectivity index (χ2n) is 16.0. The molecular formula is C57H35N5O. The van der Waals surface area contributed by atoms with E-state index < -0.39 is 0 Å². The van der Waals surface area contributed by atoms with Gasteiger partial charge in [0.05, 0.1) is 27.8 Å². The first-order valence-electron chi connectivity index (χ1n) is 21.2. The maximum atomic E-state index is 6.44. The van der Waals surface area contributed by atoms with Crippen molar-refractivity contribution in [2.24, 2.45) is 0 Å². The van der Waals surface area contributed by atoms with Crippen molar-refractivity contribution in [2.45, 2.75) is 0 Å². The Bertz CT molecular complexity index is 3850. The van der Waals surface area contributed by atoms with E-state index in [1.54, 1.807) is 0 Å². The van der Waals surface area contributed by atoms with Gasteiger partial charge in [0, 0.05) is 54.7 Å². The molecule has 13 rings (SSSR count). The zero-order valence-electron chi connectivity index (χ0n) is 33.9. The quantitative estimate of drug-likeness (QED) is 0.168. The highest BCUT2D eigenvalue weighted by atomic mass is 16.3. The van der Waals surface area contributed by atoms with Gasteiger partial charge in [-0.05, 0) is 90.0 Å². The van der Waals surface area contributed by atoms with Gasteiger partial charge in [0.2, 0.25) is 0 Å². The molecule has 0 spiro atoms. The third-order valence-corrected chi connectivity index (χ3v) is 12.4. The Kier molecular flexibility index (Phi) is 7.80. The second kappa shape index (κ2) is 14.0. The van der Waals surface area contributed by atoms with Gasteiger partial charge in [-0.1, -0.05) is 133 Å². The van der Waals surface area contributed by atoms with Gasteiger partial charge in [0.1, 0.15) is 11.2 Å². The Morgan fingerprint density at radius 1 is 0.302 bits per heavy atom. The van der Waals surface area contributed by atoms with Crippen LogP contribution in [-0.4, -0.2) is 24.1 Å². The molecule has 0 atom stereocenters. The number of para-hydroxylation sites is 3. The van der Waals surface area contributed by atoms with Crippen molar-refractivity contribution in [1.82, 2.24) is 24.1 Å². The number of nitrogens with zero attached hydrogens (tertiary/aromatic N) is 5. The SMILES string of the molecule is c1ccc(-c2nc(-c3ccccc3)nc(-c3ccc4oc5ccc(-c6ccc7c(c6)c6ccccc6n7-c6cccc7c6c6ccccc6n7-c6ccccc6)cc5c4c3)n2)cc1. The molecule has 0 saturated heterocycles. The Morgan fingerprint density at radius 3 is 1.44 bits per heavy atom. The first kappa shape index (κ1) is 35.2. The van der Waals surface area contributed by atoms with Gasteiger partial charge in [-0.15, -0.1) is 0 Å². The Morgan fingerprint density at radius 2 is 0.778 bits per heavy atom. The van der Waals surface area contributed by atoms with E-state index in [1.807, 2.05) is 72.8 Å². The second-order valence-corrected chi connectivity index (χ2v) is 16.0. The van der Waals surface area contributed by atoms with Crippen LogP contribution >= 0.6 is 0 Å². The minimum absolute atomic E-state index is 0.609. The van der Waals surface area contributed by atoms with Crippen molar-refractivity contribution in [3.8, 4) is 56.7 Å². The molecule has 0 radical (unpaired) electrons. The van der Waals surface area contributed by atoms with Crippen molar-refractivity contribution in [1.29, 1.82) is 0 Å². The van der Waals surface area contributed by atoms with E-state index in [4.69, 9.17) is 19.4 Å². The van der Waals surface area contributed by atoms with Crippen LogP contribution in [0.3, 0.4) is 0 Å². The van der Waals surface area contributed by atoms with Crippen LogP contribution in [0.5, 0.6) is 0 Å². The number of aromatic nitrogens is 5. The van der Waals surface area contributed by atoms with Gasteiger partial charge in [0.15, 0.2) is 17.5 Å². The molecular weight excluding hydrogens is 771 g/mol. The van der Waals surface area contributed by atoms with E-state index in [-0.39, 0.29) is 0 Å². The van der Waals surface area contributed by atoms with Crippen LogP contribution in [0, 0.1) is 0 Å². The van der Waals surface area contributed by atoms with Gasteiger partial charge in [-0.25, -0.2) is 15.0 Å². The summed E-state index contributed by atoms with van der Waals surface area (Å²) in [5.74, 6) is 1.87. The molecule has 0 aliphatic rings. The first-order chi connectivity index (χ1) is 31.2. The minimum atomic E-state index is 0.609. The van der Waals surface area contributed by atoms with Crippen LogP contribution in [-0.2, 0) is 0 Å². The molecule has 0 bridgehead atoms. The van der Waals surface area contributed by atoms with Gasteiger partial charge in [0.25, 0.3) is 0 Å². The molecule has 13 aromatic rings. The number of furan rings is 1. The van der Waals surface area contributed by atoms with Crippen LogP contribution in [0.1, 0.15) is 0 Å². The summed E-state index contributed by atoms with van der Waals surface area (Å²) in [6.45, 7) is 0. The van der Waals surface area contributed by atoms with E-state index in [1.165, 1.54) is 38.1 Å². The minimum Gasteiger partial charge on any atom is -0.456 e. The monoisotopic (exact) mass is 805 g/mol. The molecule has 9 aromatic carbocycles. The molecule has 0 N–H and O–H groups in total. The maximum absolute atomic E-state index is 6.44. The fraction of sp³-hybridized carbons (Fsp3) is 0. The largest absolute Gasteiger partial charge is 0.456 e. The van der Waals surface area contributed by atoms with E-state index in [2.05, 4.69) is 149 Å². The zero-order chi connectivity index (χ0) is 41.4. The number of rotatable bonds is 6. The standard InChI is InChI=1S/C57H35N5O/c1-4-15-36(16-5-1)55-58-56(37-17-6-2-7-18-37)60-57(59-55)40-29-32-53-46(35-40)45-34-39(28-31-52(45)63-53)38-27-30-49-44(33-38)42-21-10-12-23-47(42)62(49)51-26-14-25-50-54(51)43-22-11-13-24-48(43)61(50)41-19-8-3-9-20-41/h1-35H. The lowest BCUT2D eigenvalue weighted by molar-refractivity contribution is 0.669. The summed E-state index contributed by atoms with van der Waals surface area (Å²) in [7, 11) is 0. The zero-order valence-corrected chi connectivity index (χ0v) is 33.9. The van der Waals surface area contributed by atoms with Crippen LogP contribution in [0.25, 0.3) is 122 Å². The number of hydrogen-bond acceptors (Lipinski definition) is 4. The first-order valence-corrected chi connectivity index (χ1v) is 21.2. The molecule has 0 unspecified atom stereocenters. The Balaban J connectivity index is 0.956. The summed E-state index contributed by atoms with van der Waals surface area (Å²) in [5, 5.41) is 6.90. The fourth-order valence-electron chi connectivity index (χ4n) is 9.49. The predicted molar refractivity (Wildman–Crippen MR) is 258 cm³/mol. The van der Waals surface area contributed by atoms with Crippen molar-refractivity contribution in [3.05, 3.63) is 212 Å². The van der Waals surface area contributed by atoms with Crippen molar-refractivity contribution < 1.29 is 4.42 Å². The molecule has 4 heterocycles. The predicted octanol–water partition coefficient (Wildman–Crippen LogP) is 14.6. The summed E-state index contributed by atoms with van der Waals surface area (Å²) in [4.78, 5) is 14.9. The lowest BCUT2D eigenvalue weighted by atomic mass is 10.00. The summed E-state index contributed by atoms with van der Waals surface area (Å²) in [6.07, 6.45) is 0. The molecule has 0 fully saturated rings. The van der Waals surface area contributed by atoms with E-state index >= 15 is 0 Å². The van der Waals surface area contributed by atoms with Gasteiger partial charge in [-0.2, -0.15) is 0 Å². The van der Waals surface area contributed by atoms with Crippen molar-refractivity contribution in [3.63, 3.8) is 0 Å². The van der Waals surface area contributed by atoms with E-state index in [0.717, 1.165) is 66.6 Å². The van der Waals surface area contributed by atoms with Crippen molar-refractivity contribution >= 4 is 65.6 Å². The smallest absolute Gasteiger partial charge is 0.164 e. The molecule has 0 saturated carbocycles. The molecule has 63 heavy (non-hydrogen) atoms. The van der Waals surface area contributed by atoms with Gasteiger partial charge < -0.3 is 13.6 Å². The average Bonchev–Trinajstić information content (AvgIpc) is 4.01. The van der Waals surface area contributed by atoms with E-state index in [9.17, 15) is 0 Å². The Hall–Kier alpha value is -8.61. The van der Waals surface area contributed by atoms with Crippen molar-refractivity contribution in [2.75, 3.05) is 0 Å². The van der Waals surface area contributed by atoms with Crippen LogP contribution < -0.4 is 0 Å². The normalized spacial score (nSPS) is 11.8. The highest BCUT2D eigenvalue weighted by molar-refractivity contribution is 6.17. The summed E-state index contributed by atoms with van der Waals surface area (Å²) in [6, 6.07) is 74.6. The van der Waals surface area contributed by atoms with Crippen LogP contribution in [0.2, 0.25) is 0 Å². The molecule has 294 valence electrons. The van der Waals surface area contributed by atoms with E-state index in [0.29, 0.717) is 17.5 Å². The molecule has 4 aromatic heterocycles. The molecule has 0 aliphatic carbocycles. The highest BCUT2D eigenvalue weighted by Gasteiger charge is 2.21. The fourth-order valence-corrected chi connectivity index (χ4v) is 9.49. The molecule has 6 heteroatoms. The number of hydrogen-bond donors (Lipinski definition) is 0. The van der Waals surface area contributed by atoms with Gasteiger partial charge in [-0.3, -0.25) is 0 Å². The average molecular weight is 806 g/mol. The third-order valence-electron chi connectivity index (χ3n) is 12.4. The third kappa shape index (κ3) is 5.62.